The Balaban J connectivity index is 2.12. The number of esters is 1. The number of alkyl halides is 1. The van der Waals surface area contributed by atoms with Crippen molar-refractivity contribution in [3.63, 3.8) is 0 Å². The van der Waals surface area contributed by atoms with Gasteiger partial charge in [0.1, 0.15) is 0 Å². The zero-order chi connectivity index (χ0) is 14.7. The molecule has 1 aromatic rings. The number of hydrogen-bond donors (Lipinski definition) is 0. The average Bonchev–Trinajstić information content (AvgIpc) is 2.87. The van der Waals surface area contributed by atoms with Crippen LogP contribution < -0.4 is 0 Å². The third-order valence-corrected chi connectivity index (χ3v) is 4.04. The minimum Gasteiger partial charge on any atom is -0.469 e. The number of carbonyl (C=O) groups excluding carboxylic acids is 2. The molecule has 1 aliphatic heterocycles. The van der Waals surface area contributed by atoms with Gasteiger partial charge in [0, 0.05) is 24.5 Å². The summed E-state index contributed by atoms with van der Waals surface area (Å²) in [7, 11) is 1.38. The summed E-state index contributed by atoms with van der Waals surface area (Å²) < 4.78 is 4.78. The van der Waals surface area contributed by atoms with Crippen molar-refractivity contribution in [2.45, 2.75) is 12.8 Å². The first-order chi connectivity index (χ1) is 9.56. The van der Waals surface area contributed by atoms with Gasteiger partial charge < -0.3 is 9.64 Å². The summed E-state index contributed by atoms with van der Waals surface area (Å²) >= 11 is 5.78. The first kappa shape index (κ1) is 14.9. The van der Waals surface area contributed by atoms with Crippen LogP contribution in [0.15, 0.2) is 24.3 Å². The Morgan fingerprint density at radius 1 is 1.40 bits per heavy atom. The molecule has 0 bridgehead atoms. The van der Waals surface area contributed by atoms with Crippen LogP contribution in [0.25, 0.3) is 0 Å². The highest BCUT2D eigenvalue weighted by atomic mass is 35.5. The molecule has 1 heterocycles. The van der Waals surface area contributed by atoms with Crippen LogP contribution in [0.2, 0.25) is 0 Å². The minimum absolute atomic E-state index is 0.0600. The summed E-state index contributed by atoms with van der Waals surface area (Å²) in [6.07, 6.45) is 0. The molecule has 0 spiro atoms. The van der Waals surface area contributed by atoms with Crippen LogP contribution in [0.4, 0.5) is 0 Å². The third kappa shape index (κ3) is 2.96. The molecule has 0 aliphatic carbocycles. The Hall–Kier alpha value is -1.55. The fourth-order valence-corrected chi connectivity index (χ4v) is 2.73. The highest BCUT2D eigenvalue weighted by Crippen LogP contribution is 2.25. The van der Waals surface area contributed by atoms with E-state index in [0.29, 0.717) is 24.5 Å². The van der Waals surface area contributed by atoms with Crippen LogP contribution in [-0.2, 0) is 15.4 Å². The number of hydrogen-bond acceptors (Lipinski definition) is 3. The molecule has 1 amide bonds. The number of methoxy groups -OCH3 is 1. The standard InChI is InChI=1S/C15H18ClNO3/c1-10-8-17(9-13(10)15(19)20-2)14(18)12-5-3-4-11(6-12)7-16/h3-6,10,13H,7-9H2,1-2H3. The molecule has 5 heteroatoms. The minimum atomic E-state index is -0.248. The fourth-order valence-electron chi connectivity index (χ4n) is 2.56. The van der Waals surface area contributed by atoms with Gasteiger partial charge in [-0.05, 0) is 23.6 Å². The molecule has 0 aromatic heterocycles. The Labute approximate surface area is 123 Å². The number of carbonyl (C=O) groups is 2. The van der Waals surface area contributed by atoms with Gasteiger partial charge in [-0.25, -0.2) is 0 Å². The monoisotopic (exact) mass is 295 g/mol. The Bertz CT molecular complexity index is 518. The largest absolute Gasteiger partial charge is 0.469 e. The molecule has 1 saturated heterocycles. The van der Waals surface area contributed by atoms with Crippen molar-refractivity contribution in [2.24, 2.45) is 11.8 Å². The van der Waals surface area contributed by atoms with Gasteiger partial charge in [0.25, 0.3) is 5.91 Å². The number of nitrogens with zero attached hydrogens (tertiary/aromatic N) is 1. The van der Waals surface area contributed by atoms with E-state index in [1.54, 1.807) is 17.0 Å². The topological polar surface area (TPSA) is 46.6 Å². The molecule has 2 atom stereocenters. The van der Waals surface area contributed by atoms with Gasteiger partial charge in [0.2, 0.25) is 0 Å². The van der Waals surface area contributed by atoms with Gasteiger partial charge in [-0.1, -0.05) is 19.1 Å². The van der Waals surface area contributed by atoms with Gasteiger partial charge in [-0.3, -0.25) is 9.59 Å². The fraction of sp³-hybridized carbons (Fsp3) is 0.467. The lowest BCUT2D eigenvalue weighted by Gasteiger charge is -2.16. The van der Waals surface area contributed by atoms with Crippen LogP contribution >= 0.6 is 11.6 Å². The molecule has 4 nitrogen and oxygen atoms in total. The van der Waals surface area contributed by atoms with Crippen LogP contribution in [0.1, 0.15) is 22.8 Å². The molecular formula is C15H18ClNO3. The average molecular weight is 296 g/mol. The lowest BCUT2D eigenvalue weighted by atomic mass is 9.99. The molecule has 1 aliphatic rings. The molecule has 0 radical (unpaired) electrons. The van der Waals surface area contributed by atoms with E-state index < -0.39 is 0 Å². The number of ether oxygens (including phenoxy) is 1. The Kier molecular flexibility index (Phi) is 4.65. The van der Waals surface area contributed by atoms with Crippen molar-refractivity contribution in [3.8, 4) is 0 Å². The normalized spacial score (nSPS) is 21.9. The van der Waals surface area contributed by atoms with Gasteiger partial charge in [0.05, 0.1) is 13.0 Å². The van der Waals surface area contributed by atoms with E-state index in [9.17, 15) is 9.59 Å². The van der Waals surface area contributed by atoms with E-state index >= 15 is 0 Å². The molecule has 108 valence electrons. The zero-order valence-corrected chi connectivity index (χ0v) is 12.4. The molecule has 20 heavy (non-hydrogen) atoms. The number of benzene rings is 1. The van der Waals surface area contributed by atoms with E-state index in [1.807, 2.05) is 19.1 Å². The molecule has 2 unspecified atom stereocenters. The molecule has 1 aromatic carbocycles. The van der Waals surface area contributed by atoms with Gasteiger partial charge >= 0.3 is 5.97 Å². The van der Waals surface area contributed by atoms with Crippen LogP contribution in [-0.4, -0.2) is 37.0 Å². The Morgan fingerprint density at radius 2 is 2.15 bits per heavy atom. The van der Waals surface area contributed by atoms with Crippen LogP contribution in [0.5, 0.6) is 0 Å². The lowest BCUT2D eigenvalue weighted by molar-refractivity contribution is -0.146. The van der Waals surface area contributed by atoms with Crippen molar-refractivity contribution in [1.82, 2.24) is 4.90 Å². The van der Waals surface area contributed by atoms with Crippen LogP contribution in [0, 0.1) is 11.8 Å². The SMILES string of the molecule is COC(=O)C1CN(C(=O)c2cccc(CCl)c2)CC1C. The van der Waals surface area contributed by atoms with E-state index in [2.05, 4.69) is 0 Å². The summed E-state index contributed by atoms with van der Waals surface area (Å²) in [5.74, 6) is -0.0530. The summed E-state index contributed by atoms with van der Waals surface area (Å²) in [5, 5.41) is 0. The predicted octanol–water partition coefficient (Wildman–Crippen LogP) is 2.31. The summed E-state index contributed by atoms with van der Waals surface area (Å²) in [6.45, 7) is 2.95. The number of amides is 1. The van der Waals surface area contributed by atoms with Gasteiger partial charge in [0.15, 0.2) is 0 Å². The summed E-state index contributed by atoms with van der Waals surface area (Å²) in [5.41, 5.74) is 1.52. The van der Waals surface area contributed by atoms with Crippen molar-refractivity contribution in [1.29, 1.82) is 0 Å². The van der Waals surface area contributed by atoms with Crippen molar-refractivity contribution in [3.05, 3.63) is 35.4 Å². The quantitative estimate of drug-likeness (QED) is 0.635. The summed E-state index contributed by atoms with van der Waals surface area (Å²) in [4.78, 5) is 25.8. The van der Waals surface area contributed by atoms with Gasteiger partial charge in [-0.2, -0.15) is 0 Å². The van der Waals surface area contributed by atoms with Crippen molar-refractivity contribution < 1.29 is 14.3 Å². The second kappa shape index (κ2) is 6.27. The highest BCUT2D eigenvalue weighted by molar-refractivity contribution is 6.17. The van der Waals surface area contributed by atoms with Crippen molar-refractivity contribution in [2.75, 3.05) is 20.2 Å². The van der Waals surface area contributed by atoms with E-state index in [-0.39, 0.29) is 23.7 Å². The maximum absolute atomic E-state index is 12.4. The van der Waals surface area contributed by atoms with Gasteiger partial charge in [-0.15, -0.1) is 11.6 Å². The van der Waals surface area contributed by atoms with E-state index in [1.165, 1.54) is 7.11 Å². The summed E-state index contributed by atoms with van der Waals surface area (Å²) in [6, 6.07) is 7.27. The second-order valence-electron chi connectivity index (χ2n) is 5.15. The lowest BCUT2D eigenvalue weighted by Crippen LogP contribution is -2.30. The number of halogens is 1. The molecule has 2 rings (SSSR count). The number of rotatable bonds is 3. The first-order valence-corrected chi connectivity index (χ1v) is 7.12. The second-order valence-corrected chi connectivity index (χ2v) is 5.42. The smallest absolute Gasteiger partial charge is 0.310 e. The van der Waals surface area contributed by atoms with Crippen LogP contribution in [0.3, 0.4) is 0 Å². The maximum Gasteiger partial charge on any atom is 0.310 e. The first-order valence-electron chi connectivity index (χ1n) is 6.58. The highest BCUT2D eigenvalue weighted by Gasteiger charge is 2.37. The third-order valence-electron chi connectivity index (χ3n) is 3.73. The number of likely N-dealkylation sites (tertiary alicyclic amines) is 1. The molecular weight excluding hydrogens is 278 g/mol. The molecule has 0 saturated carbocycles. The predicted molar refractivity (Wildman–Crippen MR) is 76.6 cm³/mol. The zero-order valence-electron chi connectivity index (χ0n) is 11.6. The van der Waals surface area contributed by atoms with E-state index in [4.69, 9.17) is 16.3 Å². The molecule has 1 fully saturated rings. The maximum atomic E-state index is 12.4. The molecule has 0 N–H and O–H groups in total. The van der Waals surface area contributed by atoms with E-state index in [0.717, 1.165) is 5.56 Å². The van der Waals surface area contributed by atoms with Crippen molar-refractivity contribution >= 4 is 23.5 Å². The Morgan fingerprint density at radius 3 is 2.80 bits per heavy atom.